The van der Waals surface area contributed by atoms with Gasteiger partial charge in [-0.1, -0.05) is 13.8 Å². The standard InChI is InChI=1S/C14H23N3O3S/c1-4-17(5-2)21(19,20)13-8-6-12(7-9-13)14(18)16-11-10-15-3/h6-9,15H,4-5,10-11H2,1-3H3,(H,16,18). The minimum absolute atomic E-state index is 0.206. The zero-order valence-corrected chi connectivity index (χ0v) is 13.5. The fourth-order valence-corrected chi connectivity index (χ4v) is 3.35. The van der Waals surface area contributed by atoms with E-state index in [1.165, 1.54) is 28.6 Å². The maximum atomic E-state index is 12.3. The minimum Gasteiger partial charge on any atom is -0.351 e. The number of nitrogens with one attached hydrogen (secondary N) is 2. The number of amides is 1. The molecule has 0 spiro atoms. The molecule has 1 amide bonds. The topological polar surface area (TPSA) is 78.5 Å². The molecule has 0 saturated carbocycles. The average Bonchev–Trinajstić information content (AvgIpc) is 2.48. The molecule has 0 aliphatic carbocycles. The van der Waals surface area contributed by atoms with Crippen LogP contribution in [-0.4, -0.2) is 51.9 Å². The predicted molar refractivity (Wildman–Crippen MR) is 82.8 cm³/mol. The first-order chi connectivity index (χ1) is 9.97. The van der Waals surface area contributed by atoms with Crippen molar-refractivity contribution in [3.05, 3.63) is 29.8 Å². The zero-order chi connectivity index (χ0) is 15.9. The van der Waals surface area contributed by atoms with Crippen molar-refractivity contribution in [2.45, 2.75) is 18.7 Å². The highest BCUT2D eigenvalue weighted by molar-refractivity contribution is 7.89. The Morgan fingerprint density at radius 2 is 1.67 bits per heavy atom. The maximum absolute atomic E-state index is 12.3. The van der Waals surface area contributed by atoms with Gasteiger partial charge in [-0.05, 0) is 31.3 Å². The third-order valence-corrected chi connectivity index (χ3v) is 5.18. The van der Waals surface area contributed by atoms with E-state index in [1.54, 1.807) is 20.9 Å². The van der Waals surface area contributed by atoms with Crippen LogP contribution in [0.1, 0.15) is 24.2 Å². The molecule has 0 heterocycles. The lowest BCUT2D eigenvalue weighted by Crippen LogP contribution is -2.31. The summed E-state index contributed by atoms with van der Waals surface area (Å²) in [5.41, 5.74) is 0.449. The summed E-state index contributed by atoms with van der Waals surface area (Å²) in [5, 5.41) is 5.67. The molecule has 7 heteroatoms. The van der Waals surface area contributed by atoms with E-state index in [0.717, 1.165) is 0 Å². The second kappa shape index (κ2) is 8.11. The van der Waals surface area contributed by atoms with Crippen LogP contribution in [0.4, 0.5) is 0 Å². The number of benzene rings is 1. The maximum Gasteiger partial charge on any atom is 0.251 e. The molecule has 0 saturated heterocycles. The molecule has 0 atom stereocenters. The third-order valence-electron chi connectivity index (χ3n) is 3.12. The van der Waals surface area contributed by atoms with Gasteiger partial charge in [0.25, 0.3) is 5.91 Å². The second-order valence-electron chi connectivity index (χ2n) is 4.47. The van der Waals surface area contributed by atoms with Gasteiger partial charge in [0.05, 0.1) is 4.90 Å². The molecular formula is C14H23N3O3S. The Bertz CT molecular complexity index is 551. The molecule has 0 radical (unpaired) electrons. The van der Waals surface area contributed by atoms with Crippen LogP contribution in [0.15, 0.2) is 29.2 Å². The van der Waals surface area contributed by atoms with Crippen molar-refractivity contribution in [1.29, 1.82) is 0 Å². The number of rotatable bonds is 8. The van der Waals surface area contributed by atoms with Gasteiger partial charge >= 0.3 is 0 Å². The molecule has 1 aromatic carbocycles. The van der Waals surface area contributed by atoms with Crippen LogP contribution in [0.3, 0.4) is 0 Å². The van der Waals surface area contributed by atoms with Crippen molar-refractivity contribution >= 4 is 15.9 Å². The largest absolute Gasteiger partial charge is 0.351 e. The van der Waals surface area contributed by atoms with E-state index >= 15 is 0 Å². The molecule has 0 aliphatic heterocycles. The summed E-state index contributed by atoms with van der Waals surface area (Å²) in [7, 11) is -1.67. The molecule has 0 bridgehead atoms. The Kier molecular flexibility index (Phi) is 6.80. The molecule has 1 rings (SSSR count). The lowest BCUT2D eigenvalue weighted by Gasteiger charge is -2.18. The molecule has 118 valence electrons. The summed E-state index contributed by atoms with van der Waals surface area (Å²) in [6.45, 7) is 5.64. The highest BCUT2D eigenvalue weighted by Gasteiger charge is 2.21. The Morgan fingerprint density at radius 3 is 2.14 bits per heavy atom. The molecule has 1 aromatic rings. The van der Waals surface area contributed by atoms with Gasteiger partial charge in [-0.2, -0.15) is 4.31 Å². The summed E-state index contributed by atoms with van der Waals surface area (Å²) >= 11 is 0. The Hall–Kier alpha value is -1.44. The van der Waals surface area contributed by atoms with E-state index in [9.17, 15) is 13.2 Å². The summed E-state index contributed by atoms with van der Waals surface area (Å²) in [6, 6.07) is 6.01. The van der Waals surface area contributed by atoms with Crippen LogP contribution in [0, 0.1) is 0 Å². The number of hydrogen-bond acceptors (Lipinski definition) is 4. The Balaban J connectivity index is 2.85. The summed E-state index contributed by atoms with van der Waals surface area (Å²) in [6.07, 6.45) is 0. The van der Waals surface area contributed by atoms with Gasteiger partial charge in [0.1, 0.15) is 0 Å². The van der Waals surface area contributed by atoms with Crippen LogP contribution < -0.4 is 10.6 Å². The molecule has 0 aliphatic rings. The van der Waals surface area contributed by atoms with Crippen molar-refractivity contribution in [2.24, 2.45) is 0 Å². The summed E-state index contributed by atoms with van der Waals surface area (Å²) in [5.74, 6) is -0.211. The molecule has 0 unspecified atom stereocenters. The van der Waals surface area contributed by atoms with Crippen LogP contribution in [-0.2, 0) is 10.0 Å². The number of carbonyl (C=O) groups excluding carboxylic acids is 1. The smallest absolute Gasteiger partial charge is 0.251 e. The van der Waals surface area contributed by atoms with Crippen molar-refractivity contribution in [3.63, 3.8) is 0 Å². The predicted octanol–water partition coefficient (Wildman–Crippen LogP) is 0.666. The highest BCUT2D eigenvalue weighted by Crippen LogP contribution is 2.16. The van der Waals surface area contributed by atoms with E-state index in [-0.39, 0.29) is 10.8 Å². The van der Waals surface area contributed by atoms with Crippen molar-refractivity contribution in [1.82, 2.24) is 14.9 Å². The van der Waals surface area contributed by atoms with Crippen molar-refractivity contribution in [2.75, 3.05) is 33.2 Å². The number of likely N-dealkylation sites (N-methyl/N-ethyl adjacent to an activating group) is 1. The van der Waals surface area contributed by atoms with Gasteiger partial charge in [0.15, 0.2) is 0 Å². The first-order valence-corrected chi connectivity index (χ1v) is 8.44. The zero-order valence-electron chi connectivity index (χ0n) is 12.7. The first kappa shape index (κ1) is 17.6. The van der Waals surface area contributed by atoms with Gasteiger partial charge in [-0.3, -0.25) is 4.79 Å². The Labute approximate surface area is 126 Å². The number of carbonyl (C=O) groups is 1. The molecule has 2 N–H and O–H groups in total. The first-order valence-electron chi connectivity index (χ1n) is 7.00. The van der Waals surface area contributed by atoms with Gasteiger partial charge in [-0.15, -0.1) is 0 Å². The SMILES string of the molecule is CCN(CC)S(=O)(=O)c1ccc(C(=O)NCCNC)cc1. The van der Waals surface area contributed by atoms with Gasteiger partial charge in [0, 0.05) is 31.7 Å². The number of nitrogens with zero attached hydrogens (tertiary/aromatic N) is 1. The number of sulfonamides is 1. The van der Waals surface area contributed by atoms with Crippen LogP contribution in [0.2, 0.25) is 0 Å². The molecule has 6 nitrogen and oxygen atoms in total. The average molecular weight is 313 g/mol. The minimum atomic E-state index is -3.47. The molecule has 0 fully saturated rings. The molecular weight excluding hydrogens is 290 g/mol. The monoisotopic (exact) mass is 313 g/mol. The molecule has 0 aromatic heterocycles. The quantitative estimate of drug-likeness (QED) is 0.691. The molecule has 21 heavy (non-hydrogen) atoms. The van der Waals surface area contributed by atoms with E-state index in [2.05, 4.69) is 10.6 Å². The van der Waals surface area contributed by atoms with Crippen molar-refractivity contribution in [3.8, 4) is 0 Å². The number of hydrogen-bond donors (Lipinski definition) is 2. The van der Waals surface area contributed by atoms with E-state index in [1.807, 2.05) is 0 Å². The second-order valence-corrected chi connectivity index (χ2v) is 6.41. The Morgan fingerprint density at radius 1 is 1.10 bits per heavy atom. The van der Waals surface area contributed by atoms with Gasteiger partial charge in [0.2, 0.25) is 10.0 Å². The van der Waals surface area contributed by atoms with Crippen molar-refractivity contribution < 1.29 is 13.2 Å². The fourth-order valence-electron chi connectivity index (χ4n) is 1.89. The van der Waals surface area contributed by atoms with Gasteiger partial charge in [-0.25, -0.2) is 8.42 Å². The van der Waals surface area contributed by atoms with Crippen LogP contribution in [0.5, 0.6) is 0 Å². The van der Waals surface area contributed by atoms with Crippen LogP contribution in [0.25, 0.3) is 0 Å². The third kappa shape index (κ3) is 4.52. The van der Waals surface area contributed by atoms with Crippen LogP contribution >= 0.6 is 0 Å². The van der Waals surface area contributed by atoms with E-state index in [4.69, 9.17) is 0 Å². The fraction of sp³-hybridized carbons (Fsp3) is 0.500. The lowest BCUT2D eigenvalue weighted by atomic mass is 10.2. The van der Waals surface area contributed by atoms with E-state index in [0.29, 0.717) is 31.7 Å². The summed E-state index contributed by atoms with van der Waals surface area (Å²) in [4.78, 5) is 12.0. The normalized spacial score (nSPS) is 11.6. The van der Waals surface area contributed by atoms with Gasteiger partial charge < -0.3 is 10.6 Å². The lowest BCUT2D eigenvalue weighted by molar-refractivity contribution is 0.0954. The van der Waals surface area contributed by atoms with E-state index < -0.39 is 10.0 Å². The summed E-state index contributed by atoms with van der Waals surface area (Å²) < 4.78 is 26.0. The highest BCUT2D eigenvalue weighted by atomic mass is 32.2.